The van der Waals surface area contributed by atoms with Gasteiger partial charge in [0.25, 0.3) is 10.0 Å². The SMILES string of the molecule is CN(CCCC(=O)N1CCNCC1)C1=NS(=O)(=O)c2ccccc21. The third-order valence-corrected chi connectivity index (χ3v) is 5.65. The van der Waals surface area contributed by atoms with Gasteiger partial charge in [-0.25, -0.2) is 0 Å². The van der Waals surface area contributed by atoms with Gasteiger partial charge in [0.15, 0.2) is 0 Å². The summed E-state index contributed by atoms with van der Waals surface area (Å²) in [5, 5.41) is 3.22. The number of amides is 1. The van der Waals surface area contributed by atoms with E-state index in [9.17, 15) is 13.2 Å². The lowest BCUT2D eigenvalue weighted by Crippen LogP contribution is -2.46. The second-order valence-electron chi connectivity index (χ2n) is 6.04. The quantitative estimate of drug-likeness (QED) is 0.843. The number of benzene rings is 1. The number of nitrogens with zero attached hydrogens (tertiary/aromatic N) is 3. The third-order valence-electron chi connectivity index (χ3n) is 4.33. The topological polar surface area (TPSA) is 82.1 Å². The van der Waals surface area contributed by atoms with Crippen LogP contribution >= 0.6 is 0 Å². The predicted molar refractivity (Wildman–Crippen MR) is 91.5 cm³/mol. The van der Waals surface area contributed by atoms with Gasteiger partial charge in [-0.2, -0.15) is 8.42 Å². The molecule has 2 aliphatic heterocycles. The fourth-order valence-electron chi connectivity index (χ4n) is 3.01. The summed E-state index contributed by atoms with van der Waals surface area (Å²) in [7, 11) is -1.78. The Kier molecular flexibility index (Phi) is 4.86. The average molecular weight is 350 g/mol. The number of nitrogens with one attached hydrogen (secondary N) is 1. The second kappa shape index (κ2) is 6.90. The Morgan fingerprint density at radius 1 is 1.29 bits per heavy atom. The van der Waals surface area contributed by atoms with Crippen molar-refractivity contribution in [2.45, 2.75) is 17.7 Å². The predicted octanol–water partition coefficient (Wildman–Crippen LogP) is 0.279. The first-order chi connectivity index (χ1) is 11.5. The Bertz CT molecular complexity index is 754. The maximum atomic E-state index is 12.2. The number of carbonyl (C=O) groups excluding carboxylic acids is 1. The van der Waals surface area contributed by atoms with Crippen molar-refractivity contribution < 1.29 is 13.2 Å². The molecule has 0 bridgehead atoms. The van der Waals surface area contributed by atoms with Gasteiger partial charge in [0.1, 0.15) is 10.7 Å². The van der Waals surface area contributed by atoms with Gasteiger partial charge >= 0.3 is 0 Å². The molecule has 1 fully saturated rings. The van der Waals surface area contributed by atoms with Gasteiger partial charge in [0.05, 0.1) is 0 Å². The molecule has 1 N–H and O–H groups in total. The minimum atomic E-state index is -3.59. The standard InChI is InChI=1S/C16H22N4O3S/c1-19(10-4-7-15(21)20-11-8-17-9-12-20)16-13-5-2-3-6-14(13)24(22,23)18-16/h2-3,5-6,17H,4,7-12H2,1H3. The van der Waals surface area contributed by atoms with Gasteiger partial charge in [0.2, 0.25) is 5.91 Å². The van der Waals surface area contributed by atoms with Crippen LogP contribution in [0.1, 0.15) is 18.4 Å². The molecule has 130 valence electrons. The van der Waals surface area contributed by atoms with Crippen LogP contribution in [0.2, 0.25) is 0 Å². The molecule has 1 saturated heterocycles. The fourth-order valence-corrected chi connectivity index (χ4v) is 4.26. The number of hydrogen-bond acceptors (Lipinski definition) is 5. The molecule has 0 radical (unpaired) electrons. The van der Waals surface area contributed by atoms with E-state index in [1.807, 2.05) is 16.8 Å². The highest BCUT2D eigenvalue weighted by Crippen LogP contribution is 2.26. The zero-order chi connectivity index (χ0) is 17.2. The molecule has 1 aromatic carbocycles. The number of carbonyl (C=O) groups is 1. The summed E-state index contributed by atoms with van der Waals surface area (Å²) in [4.78, 5) is 16.1. The van der Waals surface area contributed by atoms with Crippen LogP contribution < -0.4 is 5.32 Å². The molecular weight excluding hydrogens is 328 g/mol. The number of hydrogen-bond donors (Lipinski definition) is 1. The van der Waals surface area contributed by atoms with Gasteiger partial charge < -0.3 is 15.1 Å². The van der Waals surface area contributed by atoms with Crippen molar-refractivity contribution in [2.24, 2.45) is 4.40 Å². The van der Waals surface area contributed by atoms with Crippen molar-refractivity contribution >= 4 is 21.8 Å². The van der Waals surface area contributed by atoms with E-state index in [2.05, 4.69) is 9.71 Å². The third kappa shape index (κ3) is 3.44. The first-order valence-corrected chi connectivity index (χ1v) is 9.57. The molecule has 1 aromatic rings. The molecule has 24 heavy (non-hydrogen) atoms. The molecule has 0 spiro atoms. The lowest BCUT2D eigenvalue weighted by Gasteiger charge is -2.27. The summed E-state index contributed by atoms with van der Waals surface area (Å²) in [5.41, 5.74) is 0.633. The van der Waals surface area contributed by atoms with E-state index in [-0.39, 0.29) is 10.8 Å². The van der Waals surface area contributed by atoms with Crippen molar-refractivity contribution in [1.29, 1.82) is 0 Å². The van der Waals surface area contributed by atoms with E-state index in [0.29, 0.717) is 30.8 Å². The van der Waals surface area contributed by atoms with Crippen LogP contribution in [0.25, 0.3) is 0 Å². The van der Waals surface area contributed by atoms with Gasteiger partial charge in [-0.3, -0.25) is 4.79 Å². The molecule has 7 nitrogen and oxygen atoms in total. The Morgan fingerprint density at radius 3 is 2.75 bits per heavy atom. The molecule has 2 aliphatic rings. The van der Waals surface area contributed by atoms with Crippen molar-refractivity contribution in [3.63, 3.8) is 0 Å². The maximum absolute atomic E-state index is 12.2. The van der Waals surface area contributed by atoms with Crippen LogP contribution in [0, 0.1) is 0 Å². The van der Waals surface area contributed by atoms with Gasteiger partial charge in [-0.15, -0.1) is 4.40 Å². The summed E-state index contributed by atoms with van der Waals surface area (Å²) in [6.07, 6.45) is 1.13. The molecule has 0 aromatic heterocycles. The summed E-state index contributed by atoms with van der Waals surface area (Å²) >= 11 is 0. The van der Waals surface area contributed by atoms with Gasteiger partial charge in [0, 0.05) is 51.8 Å². The normalized spacial score (nSPS) is 18.9. The zero-order valence-corrected chi connectivity index (χ0v) is 14.6. The van der Waals surface area contributed by atoms with Gasteiger partial charge in [-0.1, -0.05) is 12.1 Å². The molecule has 0 unspecified atom stereocenters. The summed E-state index contributed by atoms with van der Waals surface area (Å²) in [6, 6.07) is 6.84. The van der Waals surface area contributed by atoms with E-state index in [4.69, 9.17) is 0 Å². The zero-order valence-electron chi connectivity index (χ0n) is 13.7. The summed E-state index contributed by atoms with van der Waals surface area (Å²) < 4.78 is 28.0. The highest BCUT2D eigenvalue weighted by molar-refractivity contribution is 7.90. The van der Waals surface area contributed by atoms with Crippen LogP contribution in [-0.4, -0.2) is 69.7 Å². The number of fused-ring (bicyclic) bond motifs is 1. The first kappa shape index (κ1) is 16.9. The Morgan fingerprint density at radius 2 is 2.00 bits per heavy atom. The lowest BCUT2D eigenvalue weighted by molar-refractivity contribution is -0.131. The molecular formula is C16H22N4O3S. The molecule has 0 atom stereocenters. The van der Waals surface area contributed by atoms with Gasteiger partial charge in [-0.05, 0) is 18.6 Å². The number of piperazine rings is 1. The summed E-state index contributed by atoms with van der Waals surface area (Å²) in [6.45, 7) is 3.79. The molecule has 0 saturated carbocycles. The average Bonchev–Trinajstić information content (AvgIpc) is 2.87. The van der Waals surface area contributed by atoms with E-state index < -0.39 is 10.0 Å². The van der Waals surface area contributed by atoms with Crippen molar-refractivity contribution in [2.75, 3.05) is 39.8 Å². The summed E-state index contributed by atoms with van der Waals surface area (Å²) in [5.74, 6) is 0.617. The minimum Gasteiger partial charge on any atom is -0.358 e. The van der Waals surface area contributed by atoms with Crippen molar-refractivity contribution in [1.82, 2.24) is 15.1 Å². The number of sulfonamides is 1. The van der Waals surface area contributed by atoms with Crippen LogP contribution in [0.4, 0.5) is 0 Å². The van der Waals surface area contributed by atoms with Crippen molar-refractivity contribution in [3.05, 3.63) is 29.8 Å². The highest BCUT2D eigenvalue weighted by Gasteiger charge is 2.30. The van der Waals surface area contributed by atoms with Crippen LogP contribution in [0.3, 0.4) is 0 Å². The maximum Gasteiger partial charge on any atom is 0.285 e. The molecule has 2 heterocycles. The molecule has 1 amide bonds. The Balaban J connectivity index is 1.58. The molecule has 3 rings (SSSR count). The smallest absolute Gasteiger partial charge is 0.285 e. The lowest BCUT2D eigenvalue weighted by atomic mass is 10.2. The first-order valence-electron chi connectivity index (χ1n) is 8.13. The molecule has 0 aliphatic carbocycles. The minimum absolute atomic E-state index is 0.159. The monoisotopic (exact) mass is 350 g/mol. The van der Waals surface area contributed by atoms with Crippen molar-refractivity contribution in [3.8, 4) is 0 Å². The van der Waals surface area contributed by atoms with E-state index in [1.165, 1.54) is 0 Å². The van der Waals surface area contributed by atoms with Crippen LogP contribution in [0.15, 0.2) is 33.6 Å². The van der Waals surface area contributed by atoms with Crippen LogP contribution in [-0.2, 0) is 14.8 Å². The Hall–Kier alpha value is -1.93. The number of rotatable bonds is 4. The Labute approximate surface area is 142 Å². The number of amidine groups is 1. The highest BCUT2D eigenvalue weighted by atomic mass is 32.2. The largest absolute Gasteiger partial charge is 0.358 e. The van der Waals surface area contributed by atoms with E-state index in [0.717, 1.165) is 26.2 Å². The van der Waals surface area contributed by atoms with E-state index in [1.54, 1.807) is 24.3 Å². The second-order valence-corrected chi connectivity index (χ2v) is 7.61. The van der Waals surface area contributed by atoms with E-state index >= 15 is 0 Å². The molecule has 8 heteroatoms. The fraction of sp³-hybridized carbons (Fsp3) is 0.500. The van der Waals surface area contributed by atoms with Crippen LogP contribution in [0.5, 0.6) is 0 Å².